The van der Waals surface area contributed by atoms with Gasteiger partial charge in [0.1, 0.15) is 54.7 Å². The molecular formula is C64H113N9O14. The van der Waals surface area contributed by atoms with E-state index < -0.39 is 138 Å². The summed E-state index contributed by atoms with van der Waals surface area (Å²) in [7, 11) is 11.5. The van der Waals surface area contributed by atoms with E-state index in [0.717, 1.165) is 9.80 Å². The van der Waals surface area contributed by atoms with Gasteiger partial charge in [-0.05, 0) is 95.4 Å². The highest BCUT2D eigenvalue weighted by molar-refractivity contribution is 5.99. The molecule has 0 heterocycles. The van der Waals surface area contributed by atoms with Crippen LogP contribution in [0.1, 0.15) is 163 Å². The molecule has 0 aliphatic rings. The number of carbonyl (C=O) groups excluding carboxylic acids is 12. The molecule has 87 heavy (non-hydrogen) atoms. The predicted molar refractivity (Wildman–Crippen MR) is 335 cm³/mol. The Morgan fingerprint density at radius 1 is 0.517 bits per heavy atom. The van der Waals surface area contributed by atoms with Gasteiger partial charge in [-0.3, -0.25) is 57.5 Å². The highest BCUT2D eigenvalue weighted by atomic mass is 16.5. The summed E-state index contributed by atoms with van der Waals surface area (Å²) in [5.74, 6) is -10.1. The van der Waals surface area contributed by atoms with E-state index in [9.17, 15) is 43.2 Å². The van der Waals surface area contributed by atoms with E-state index in [1.54, 1.807) is 68.6 Å². The number of esters is 2. The summed E-state index contributed by atoms with van der Waals surface area (Å²) in [6.07, 6.45) is 3.09. The van der Waals surface area contributed by atoms with Gasteiger partial charge in [0.05, 0.1) is 19.2 Å². The number of nitrogens with one attached hydrogen (secondary N) is 3. The molecule has 23 nitrogen and oxygen atoms in total. The largest absolute Gasteiger partial charge is 0.468 e. The first kappa shape index (κ1) is 80.7. The standard InChI is InChI=1S/C64H113N9O14/c1-26-28-29-41(13)56(87-45(17)74)55(58(79)67-47(27-2)61(82)68(19)35-53(77)86-25)73(24)64(85)54(40(11)12)72(23)63(84)50(32-38(7)8)71(22)62(83)49(31-37(5)6)70(21)59(80)44(16)66-57(78)42(14)33-52(76)48(30-36(3)4)69(20)60(81)46(39(9)10)34-51(75)43(15)65-18/h26,28,36-44,46-50,54-56,65H,27,29-35H2,1-25H3,(H,66,78)(H,67,79)/b28-26+/t41-,42-,43+,44-,46+,47+,48+,49+,50+,54+,55+,56-/m1/s1. The molecule has 0 saturated heterocycles. The molecule has 0 fully saturated rings. The number of rotatable bonds is 38. The van der Waals surface area contributed by atoms with Crippen LogP contribution in [0.25, 0.3) is 0 Å². The number of ketones is 2. The molecule has 0 aromatic rings. The van der Waals surface area contributed by atoms with Crippen LogP contribution in [0.3, 0.4) is 0 Å². The maximum absolute atomic E-state index is 15.2. The van der Waals surface area contributed by atoms with E-state index in [4.69, 9.17) is 9.47 Å². The third-order valence-electron chi connectivity index (χ3n) is 16.2. The van der Waals surface area contributed by atoms with Gasteiger partial charge < -0.3 is 54.8 Å². The molecular weight excluding hydrogens is 1120 g/mol. The highest BCUT2D eigenvalue weighted by Crippen LogP contribution is 2.28. The minimum Gasteiger partial charge on any atom is -0.468 e. The molecule has 0 aromatic carbocycles. The third-order valence-corrected chi connectivity index (χ3v) is 16.2. The number of methoxy groups -OCH3 is 1. The molecule has 498 valence electrons. The summed E-state index contributed by atoms with van der Waals surface area (Å²) < 4.78 is 10.6. The van der Waals surface area contributed by atoms with Gasteiger partial charge >= 0.3 is 11.9 Å². The Morgan fingerprint density at radius 2 is 0.989 bits per heavy atom. The minimum absolute atomic E-state index is 0.00241. The number of carbonyl (C=O) groups is 12. The normalized spacial score (nSPS) is 15.8. The number of Topliss-reactive ketones (excluding diaryl/α,β-unsaturated/α-hetero) is 2. The molecule has 8 amide bonds. The molecule has 0 bridgehead atoms. The van der Waals surface area contributed by atoms with Crippen molar-refractivity contribution in [3.05, 3.63) is 12.2 Å². The number of hydrogen-bond donors (Lipinski definition) is 3. The monoisotopic (exact) mass is 1230 g/mol. The fourth-order valence-corrected chi connectivity index (χ4v) is 10.6. The van der Waals surface area contributed by atoms with E-state index in [0.29, 0.717) is 12.8 Å². The summed E-state index contributed by atoms with van der Waals surface area (Å²) in [6.45, 7) is 29.2. The lowest BCUT2D eigenvalue weighted by Gasteiger charge is -2.42. The first-order valence-electron chi connectivity index (χ1n) is 31.0. The van der Waals surface area contributed by atoms with Crippen molar-refractivity contribution in [3.8, 4) is 0 Å². The van der Waals surface area contributed by atoms with Crippen LogP contribution in [-0.2, 0) is 67.0 Å². The summed E-state index contributed by atoms with van der Waals surface area (Å²) in [4.78, 5) is 175. The van der Waals surface area contributed by atoms with Crippen molar-refractivity contribution >= 4 is 70.8 Å². The van der Waals surface area contributed by atoms with E-state index in [1.165, 1.54) is 75.8 Å². The average Bonchev–Trinajstić information content (AvgIpc) is 1.14. The quantitative estimate of drug-likeness (QED) is 0.0547. The van der Waals surface area contributed by atoms with Gasteiger partial charge in [-0.15, -0.1) is 0 Å². The second-order valence-electron chi connectivity index (χ2n) is 25.7. The molecule has 0 rings (SSSR count). The molecule has 0 aliphatic carbocycles. The van der Waals surface area contributed by atoms with Crippen LogP contribution in [0.5, 0.6) is 0 Å². The topological polar surface area (TPSA) is 279 Å². The van der Waals surface area contributed by atoms with Crippen molar-refractivity contribution in [3.63, 3.8) is 0 Å². The lowest BCUT2D eigenvalue weighted by Crippen LogP contribution is -2.64. The number of likely N-dealkylation sites (N-methyl/N-ethyl adjacent to an activating group) is 7. The number of ether oxygens (including phenoxy) is 2. The van der Waals surface area contributed by atoms with E-state index in [1.807, 2.05) is 61.5 Å². The van der Waals surface area contributed by atoms with Crippen LogP contribution >= 0.6 is 0 Å². The summed E-state index contributed by atoms with van der Waals surface area (Å²) in [5.41, 5.74) is 0. The van der Waals surface area contributed by atoms with Crippen molar-refractivity contribution < 1.29 is 67.0 Å². The molecule has 23 heteroatoms. The van der Waals surface area contributed by atoms with Crippen molar-refractivity contribution in [2.24, 2.45) is 47.3 Å². The second-order valence-corrected chi connectivity index (χ2v) is 25.7. The first-order chi connectivity index (χ1) is 40.2. The zero-order valence-electron chi connectivity index (χ0n) is 57.5. The SMILES string of the molecule is C/C=C/C[C@@H](C)[C@@H](OC(C)=O)[C@@H](C(=O)N[C@@H](CC)C(=O)N(C)CC(=O)OC)N(C)C(=O)[C@H](C(C)C)N(C)C(=O)[C@H](CC(C)C)N(C)C(=O)[C@H](CC(C)C)N(C)C(=O)[C@@H](C)NC(=O)[C@H](C)CC(=O)[C@H](CC(C)C)N(C)C(=O)[C@@H](CC(=O)[C@H](C)NC)C(C)C. The smallest absolute Gasteiger partial charge is 0.325 e. The van der Waals surface area contributed by atoms with E-state index >= 15 is 14.4 Å². The van der Waals surface area contributed by atoms with Crippen LogP contribution in [0.2, 0.25) is 0 Å². The van der Waals surface area contributed by atoms with Crippen LogP contribution in [0.4, 0.5) is 0 Å². The predicted octanol–water partition coefficient (Wildman–Crippen LogP) is 4.92. The van der Waals surface area contributed by atoms with Crippen LogP contribution in [-0.4, -0.2) is 218 Å². The Morgan fingerprint density at radius 3 is 1.43 bits per heavy atom. The van der Waals surface area contributed by atoms with Crippen molar-refractivity contribution in [1.29, 1.82) is 0 Å². The van der Waals surface area contributed by atoms with Crippen molar-refractivity contribution in [1.82, 2.24) is 45.3 Å². The molecule has 3 N–H and O–H groups in total. The van der Waals surface area contributed by atoms with Gasteiger partial charge in [0.15, 0.2) is 5.78 Å². The Hall–Kier alpha value is -6.26. The summed E-state index contributed by atoms with van der Waals surface area (Å²) in [6, 6.07) is -8.85. The average molecular weight is 1230 g/mol. The first-order valence-corrected chi connectivity index (χ1v) is 31.0. The Balaban J connectivity index is 7.19. The zero-order chi connectivity index (χ0) is 67.8. The summed E-state index contributed by atoms with van der Waals surface area (Å²) >= 11 is 0. The van der Waals surface area contributed by atoms with E-state index in [-0.39, 0.29) is 73.2 Å². The number of nitrogens with zero attached hydrogens (tertiary/aromatic N) is 6. The Labute approximate surface area is 520 Å². The zero-order valence-corrected chi connectivity index (χ0v) is 57.5. The van der Waals surface area contributed by atoms with Gasteiger partial charge in [-0.25, -0.2) is 0 Å². The summed E-state index contributed by atoms with van der Waals surface area (Å²) in [5, 5.41) is 8.38. The van der Waals surface area contributed by atoms with E-state index in [2.05, 4.69) is 16.0 Å². The Kier molecular flexibility index (Phi) is 35.5. The van der Waals surface area contributed by atoms with Crippen LogP contribution in [0, 0.1) is 47.3 Å². The maximum atomic E-state index is 15.2. The fourth-order valence-electron chi connectivity index (χ4n) is 10.6. The molecule has 0 aromatic heterocycles. The van der Waals surface area contributed by atoms with Crippen molar-refractivity contribution in [2.75, 3.05) is 63.0 Å². The molecule has 0 aliphatic heterocycles. The van der Waals surface area contributed by atoms with Crippen molar-refractivity contribution in [2.45, 2.75) is 217 Å². The van der Waals surface area contributed by atoms with Crippen LogP contribution < -0.4 is 16.0 Å². The highest BCUT2D eigenvalue weighted by Gasteiger charge is 2.46. The lowest BCUT2D eigenvalue weighted by atomic mass is 9.86. The molecule has 0 saturated carbocycles. The van der Waals surface area contributed by atoms with Gasteiger partial charge in [0, 0.05) is 73.9 Å². The van der Waals surface area contributed by atoms with Gasteiger partial charge in [-0.1, -0.05) is 102 Å². The maximum Gasteiger partial charge on any atom is 0.325 e. The second kappa shape index (κ2) is 38.2. The molecule has 0 unspecified atom stereocenters. The van der Waals surface area contributed by atoms with Crippen LogP contribution in [0.15, 0.2) is 12.2 Å². The third kappa shape index (κ3) is 24.7. The van der Waals surface area contributed by atoms with Gasteiger partial charge in [0.2, 0.25) is 47.3 Å². The van der Waals surface area contributed by atoms with Gasteiger partial charge in [0.25, 0.3) is 0 Å². The molecule has 12 atom stereocenters. The molecule has 0 spiro atoms. The Bertz CT molecular complexity index is 2360. The number of allylic oxidation sites excluding steroid dienone is 2. The number of amides is 8. The molecule has 0 radical (unpaired) electrons. The lowest BCUT2D eigenvalue weighted by molar-refractivity contribution is -0.164. The minimum atomic E-state index is -1.55. The fraction of sp³-hybridized carbons (Fsp3) is 0.781. The van der Waals surface area contributed by atoms with Gasteiger partial charge in [-0.2, -0.15) is 0 Å². The number of hydrogen-bond acceptors (Lipinski definition) is 15.